The Bertz CT molecular complexity index is 496. The normalized spacial score (nSPS) is 12.6. The van der Waals surface area contributed by atoms with E-state index in [-0.39, 0.29) is 6.04 Å². The molecular weight excluding hydrogens is 252 g/mol. The molecule has 17 heavy (non-hydrogen) atoms. The van der Waals surface area contributed by atoms with Crippen molar-refractivity contribution in [3.8, 4) is 0 Å². The number of rotatable bonds is 4. The lowest BCUT2D eigenvalue weighted by Gasteiger charge is -2.14. The van der Waals surface area contributed by atoms with E-state index in [1.165, 1.54) is 16.0 Å². The first kappa shape index (κ1) is 12.6. The van der Waals surface area contributed by atoms with Gasteiger partial charge in [-0.1, -0.05) is 23.7 Å². The zero-order valence-corrected chi connectivity index (χ0v) is 11.2. The summed E-state index contributed by atoms with van der Waals surface area (Å²) in [5.41, 5.74) is 5.28. The van der Waals surface area contributed by atoms with Crippen molar-refractivity contribution in [2.45, 2.75) is 19.4 Å². The molecule has 2 rings (SSSR count). The molecule has 0 radical (unpaired) electrons. The number of nitrogens with one attached hydrogen (secondary N) is 1. The van der Waals surface area contributed by atoms with Crippen LogP contribution in [0, 0.1) is 6.92 Å². The molecule has 0 aliphatic carbocycles. The minimum absolute atomic E-state index is 0.137. The van der Waals surface area contributed by atoms with E-state index < -0.39 is 0 Å². The summed E-state index contributed by atoms with van der Waals surface area (Å²) < 4.78 is 0. The predicted molar refractivity (Wildman–Crippen MR) is 74.3 cm³/mol. The summed E-state index contributed by atoms with van der Waals surface area (Å²) in [6, 6.07) is 10.2. The van der Waals surface area contributed by atoms with Gasteiger partial charge in [0.05, 0.1) is 6.04 Å². The topological polar surface area (TPSA) is 38.0 Å². The van der Waals surface area contributed by atoms with E-state index in [9.17, 15) is 0 Å². The Labute approximate surface area is 110 Å². The van der Waals surface area contributed by atoms with Gasteiger partial charge in [-0.3, -0.25) is 11.3 Å². The fraction of sp³-hybridized carbons (Fsp3) is 0.231. The van der Waals surface area contributed by atoms with Crippen LogP contribution in [0.1, 0.15) is 22.0 Å². The largest absolute Gasteiger partial charge is 0.271 e. The van der Waals surface area contributed by atoms with Crippen molar-refractivity contribution in [3.63, 3.8) is 0 Å². The molecule has 0 fully saturated rings. The number of halogens is 1. The van der Waals surface area contributed by atoms with Crippen LogP contribution in [-0.2, 0) is 6.42 Å². The Kier molecular flexibility index (Phi) is 4.18. The van der Waals surface area contributed by atoms with E-state index in [1.807, 2.05) is 18.2 Å². The highest BCUT2D eigenvalue weighted by Crippen LogP contribution is 2.23. The molecule has 0 aliphatic rings. The lowest BCUT2D eigenvalue weighted by molar-refractivity contribution is 0.553. The van der Waals surface area contributed by atoms with Gasteiger partial charge in [-0.15, -0.1) is 11.3 Å². The van der Waals surface area contributed by atoms with Gasteiger partial charge in [-0.25, -0.2) is 0 Å². The SMILES string of the molecule is Cc1cc(C(Cc2cccc(Cl)c2)NN)cs1. The zero-order valence-electron chi connectivity index (χ0n) is 9.61. The molecule has 1 aromatic heterocycles. The molecule has 1 aromatic carbocycles. The molecule has 0 saturated carbocycles. The van der Waals surface area contributed by atoms with Crippen LogP contribution >= 0.6 is 22.9 Å². The van der Waals surface area contributed by atoms with Gasteiger partial charge in [0, 0.05) is 9.90 Å². The summed E-state index contributed by atoms with van der Waals surface area (Å²) in [4.78, 5) is 1.30. The number of hydrogen-bond donors (Lipinski definition) is 2. The van der Waals surface area contributed by atoms with Crippen molar-refractivity contribution in [1.82, 2.24) is 5.43 Å². The molecule has 1 atom stereocenters. The van der Waals surface area contributed by atoms with Crippen LogP contribution in [0.3, 0.4) is 0 Å². The van der Waals surface area contributed by atoms with E-state index >= 15 is 0 Å². The number of hydrazine groups is 1. The van der Waals surface area contributed by atoms with E-state index in [4.69, 9.17) is 17.4 Å². The monoisotopic (exact) mass is 266 g/mol. The number of thiophene rings is 1. The smallest absolute Gasteiger partial charge is 0.0508 e. The number of aryl methyl sites for hydroxylation is 1. The summed E-state index contributed by atoms with van der Waals surface area (Å²) in [7, 11) is 0. The average molecular weight is 267 g/mol. The van der Waals surface area contributed by atoms with Gasteiger partial charge in [0.1, 0.15) is 0 Å². The standard InChI is InChI=1S/C13H15ClN2S/c1-9-5-11(8-17-9)13(16-15)7-10-3-2-4-12(14)6-10/h2-6,8,13,16H,7,15H2,1H3. The Hall–Kier alpha value is -0.870. The van der Waals surface area contributed by atoms with Gasteiger partial charge in [0.15, 0.2) is 0 Å². The Morgan fingerprint density at radius 3 is 2.82 bits per heavy atom. The summed E-state index contributed by atoms with van der Waals surface area (Å²) >= 11 is 7.71. The Morgan fingerprint density at radius 2 is 2.24 bits per heavy atom. The van der Waals surface area contributed by atoms with Crippen LogP contribution in [0.4, 0.5) is 0 Å². The molecule has 2 aromatic rings. The van der Waals surface area contributed by atoms with E-state index in [2.05, 4.69) is 29.9 Å². The van der Waals surface area contributed by atoms with E-state index in [1.54, 1.807) is 11.3 Å². The molecule has 0 bridgehead atoms. The molecule has 4 heteroatoms. The molecule has 3 N–H and O–H groups in total. The molecule has 2 nitrogen and oxygen atoms in total. The highest BCUT2D eigenvalue weighted by molar-refractivity contribution is 7.10. The number of benzene rings is 1. The van der Waals surface area contributed by atoms with Gasteiger partial charge < -0.3 is 0 Å². The molecule has 0 spiro atoms. The summed E-state index contributed by atoms with van der Waals surface area (Å²) in [6.07, 6.45) is 0.841. The third-order valence-electron chi connectivity index (χ3n) is 2.68. The maximum Gasteiger partial charge on any atom is 0.0508 e. The van der Waals surface area contributed by atoms with Crippen molar-refractivity contribution in [2.75, 3.05) is 0 Å². The maximum atomic E-state index is 5.97. The van der Waals surface area contributed by atoms with Crippen molar-refractivity contribution >= 4 is 22.9 Å². The highest BCUT2D eigenvalue weighted by Gasteiger charge is 2.12. The van der Waals surface area contributed by atoms with Gasteiger partial charge >= 0.3 is 0 Å². The second-order valence-corrected chi connectivity index (χ2v) is 5.60. The molecule has 0 aliphatic heterocycles. The van der Waals surface area contributed by atoms with Gasteiger partial charge in [0.25, 0.3) is 0 Å². The summed E-state index contributed by atoms with van der Waals surface area (Å²) in [6.45, 7) is 2.10. The molecule has 0 saturated heterocycles. The third-order valence-corrected chi connectivity index (χ3v) is 3.80. The van der Waals surface area contributed by atoms with Crippen molar-refractivity contribution in [1.29, 1.82) is 0 Å². The minimum Gasteiger partial charge on any atom is -0.271 e. The number of nitrogens with two attached hydrogens (primary N) is 1. The van der Waals surface area contributed by atoms with Gasteiger partial charge in [-0.05, 0) is 48.1 Å². The summed E-state index contributed by atoms with van der Waals surface area (Å²) in [5.74, 6) is 5.62. The first-order chi connectivity index (χ1) is 8.19. The Balaban J connectivity index is 2.15. The second kappa shape index (κ2) is 5.65. The van der Waals surface area contributed by atoms with Crippen LogP contribution in [0.25, 0.3) is 0 Å². The first-order valence-corrected chi connectivity index (χ1v) is 6.70. The molecule has 0 amide bonds. The average Bonchev–Trinajstić information content (AvgIpc) is 2.73. The fourth-order valence-electron chi connectivity index (χ4n) is 1.82. The summed E-state index contributed by atoms with van der Waals surface area (Å²) in [5, 5.41) is 2.91. The second-order valence-electron chi connectivity index (χ2n) is 4.04. The molecular formula is C13H15ClN2S. The van der Waals surface area contributed by atoms with Crippen LogP contribution in [0.2, 0.25) is 5.02 Å². The van der Waals surface area contributed by atoms with Gasteiger partial charge in [-0.2, -0.15) is 0 Å². The van der Waals surface area contributed by atoms with Crippen LogP contribution in [-0.4, -0.2) is 0 Å². The van der Waals surface area contributed by atoms with Gasteiger partial charge in [0.2, 0.25) is 0 Å². The lowest BCUT2D eigenvalue weighted by atomic mass is 10.0. The minimum atomic E-state index is 0.137. The van der Waals surface area contributed by atoms with E-state index in [0.29, 0.717) is 0 Å². The molecule has 1 heterocycles. The molecule has 1 unspecified atom stereocenters. The number of hydrogen-bond acceptors (Lipinski definition) is 3. The predicted octanol–water partition coefficient (Wildman–Crippen LogP) is 3.46. The van der Waals surface area contributed by atoms with Crippen molar-refractivity contribution in [2.24, 2.45) is 5.84 Å². The molecule has 90 valence electrons. The van der Waals surface area contributed by atoms with E-state index in [0.717, 1.165) is 11.4 Å². The maximum absolute atomic E-state index is 5.97. The quantitative estimate of drug-likeness (QED) is 0.657. The van der Waals surface area contributed by atoms with Crippen LogP contribution in [0.15, 0.2) is 35.7 Å². The highest BCUT2D eigenvalue weighted by atomic mass is 35.5. The third kappa shape index (κ3) is 3.30. The van der Waals surface area contributed by atoms with Crippen LogP contribution in [0.5, 0.6) is 0 Å². The first-order valence-electron chi connectivity index (χ1n) is 5.44. The van der Waals surface area contributed by atoms with Crippen molar-refractivity contribution < 1.29 is 0 Å². The fourth-order valence-corrected chi connectivity index (χ4v) is 2.79. The lowest BCUT2D eigenvalue weighted by Crippen LogP contribution is -2.29. The zero-order chi connectivity index (χ0) is 12.3. The van der Waals surface area contributed by atoms with Crippen LogP contribution < -0.4 is 11.3 Å². The van der Waals surface area contributed by atoms with Crippen molar-refractivity contribution in [3.05, 3.63) is 56.7 Å². The Morgan fingerprint density at radius 1 is 1.41 bits per heavy atom.